The summed E-state index contributed by atoms with van der Waals surface area (Å²) in [6.07, 6.45) is -4.19. The minimum absolute atomic E-state index is 0.0713. The lowest BCUT2D eigenvalue weighted by atomic mass is 9.85. The number of aryl methyl sites for hydroxylation is 1. The molecule has 2 N–H and O–H groups in total. The fraction of sp³-hybridized carbons (Fsp3) is 0.278. The standard InChI is InChI=1S/C18H17F3N2O3S/c1-11-9-13(5-8-15(11)22)17(18(19,20)21)10-16(23-26-17)12-3-6-14(7-4-12)27(2,24)25/h3-9H,10,22H2,1-2H3. The van der Waals surface area contributed by atoms with Crippen molar-refractivity contribution in [3.05, 3.63) is 59.2 Å². The molecule has 3 rings (SSSR count). The maximum atomic E-state index is 13.9. The first kappa shape index (κ1) is 19.2. The number of nitrogens with two attached hydrogens (primary N) is 1. The molecule has 0 radical (unpaired) electrons. The summed E-state index contributed by atoms with van der Waals surface area (Å²) in [7, 11) is -3.40. The third kappa shape index (κ3) is 3.39. The van der Waals surface area contributed by atoms with Crippen LogP contribution in [-0.2, 0) is 20.3 Å². The van der Waals surface area contributed by atoms with Gasteiger partial charge in [-0.2, -0.15) is 13.2 Å². The molecule has 0 aliphatic carbocycles. The van der Waals surface area contributed by atoms with Crippen molar-refractivity contribution >= 4 is 21.2 Å². The summed E-state index contributed by atoms with van der Waals surface area (Å²) in [5.74, 6) is 0. The number of hydrogen-bond donors (Lipinski definition) is 1. The number of alkyl halides is 3. The molecule has 2 aromatic carbocycles. The first-order valence-corrected chi connectivity index (χ1v) is 9.82. The maximum Gasteiger partial charge on any atom is 0.435 e. The SMILES string of the molecule is Cc1cc(C2(C(F)(F)F)CC(c3ccc(S(C)(=O)=O)cc3)=NO2)ccc1N. The monoisotopic (exact) mass is 398 g/mol. The molecule has 144 valence electrons. The van der Waals surface area contributed by atoms with Crippen molar-refractivity contribution < 1.29 is 26.4 Å². The number of rotatable bonds is 3. The highest BCUT2D eigenvalue weighted by atomic mass is 32.2. The molecule has 0 bridgehead atoms. The average molecular weight is 398 g/mol. The molecular weight excluding hydrogens is 381 g/mol. The zero-order chi connectivity index (χ0) is 20.0. The van der Waals surface area contributed by atoms with E-state index < -0.39 is 28.0 Å². The highest BCUT2D eigenvalue weighted by Crippen LogP contribution is 2.49. The van der Waals surface area contributed by atoms with Gasteiger partial charge < -0.3 is 10.6 Å². The molecule has 0 saturated heterocycles. The quantitative estimate of drug-likeness (QED) is 0.802. The molecule has 0 aromatic heterocycles. The first-order chi connectivity index (χ1) is 12.4. The molecule has 0 saturated carbocycles. The van der Waals surface area contributed by atoms with E-state index in [1.165, 1.54) is 42.5 Å². The van der Waals surface area contributed by atoms with Crippen molar-refractivity contribution in [1.82, 2.24) is 0 Å². The number of hydrogen-bond acceptors (Lipinski definition) is 5. The zero-order valence-corrected chi connectivity index (χ0v) is 15.4. The van der Waals surface area contributed by atoms with E-state index in [1.54, 1.807) is 6.92 Å². The summed E-state index contributed by atoms with van der Waals surface area (Å²) >= 11 is 0. The predicted octanol–water partition coefficient (Wildman–Crippen LogP) is 3.56. The van der Waals surface area contributed by atoms with Crippen LogP contribution in [0.25, 0.3) is 0 Å². The van der Waals surface area contributed by atoms with Crippen LogP contribution < -0.4 is 5.73 Å². The van der Waals surface area contributed by atoms with Crippen LogP contribution in [0.2, 0.25) is 0 Å². The van der Waals surface area contributed by atoms with E-state index in [1.807, 2.05) is 0 Å². The van der Waals surface area contributed by atoms with Gasteiger partial charge in [0.05, 0.1) is 10.6 Å². The number of anilines is 1. The summed E-state index contributed by atoms with van der Waals surface area (Å²) in [5.41, 5.74) is 4.34. The van der Waals surface area contributed by atoms with E-state index in [0.29, 0.717) is 16.8 Å². The Labute approximate surface area is 154 Å². The molecule has 1 aliphatic heterocycles. The van der Waals surface area contributed by atoms with E-state index in [9.17, 15) is 21.6 Å². The second kappa shape index (κ2) is 6.26. The van der Waals surface area contributed by atoms with Gasteiger partial charge in [-0.15, -0.1) is 0 Å². The number of sulfone groups is 1. The van der Waals surface area contributed by atoms with Crippen LogP contribution in [0.3, 0.4) is 0 Å². The Morgan fingerprint density at radius 1 is 1.15 bits per heavy atom. The predicted molar refractivity (Wildman–Crippen MR) is 95.1 cm³/mol. The normalized spacial score (nSPS) is 20.3. The van der Waals surface area contributed by atoms with Crippen molar-refractivity contribution in [2.75, 3.05) is 12.0 Å². The van der Waals surface area contributed by atoms with E-state index in [2.05, 4.69) is 5.16 Å². The lowest BCUT2D eigenvalue weighted by Gasteiger charge is -2.29. The second-order valence-electron chi connectivity index (χ2n) is 6.50. The number of halogens is 3. The number of benzene rings is 2. The Morgan fingerprint density at radius 2 is 1.78 bits per heavy atom. The maximum absolute atomic E-state index is 13.9. The van der Waals surface area contributed by atoms with Crippen molar-refractivity contribution in [2.24, 2.45) is 5.16 Å². The molecule has 9 heteroatoms. The highest BCUT2D eigenvalue weighted by molar-refractivity contribution is 7.90. The Morgan fingerprint density at radius 3 is 2.30 bits per heavy atom. The summed E-state index contributed by atoms with van der Waals surface area (Å²) in [5, 5.41) is 3.66. The fourth-order valence-corrected chi connectivity index (χ4v) is 3.51. The van der Waals surface area contributed by atoms with Gasteiger partial charge in [0.15, 0.2) is 9.84 Å². The van der Waals surface area contributed by atoms with Gasteiger partial charge >= 0.3 is 6.18 Å². The molecular formula is C18H17F3N2O3S. The number of nitrogen functional groups attached to an aromatic ring is 1. The van der Waals surface area contributed by atoms with Crippen molar-refractivity contribution in [3.8, 4) is 0 Å². The topological polar surface area (TPSA) is 81.8 Å². The molecule has 1 unspecified atom stereocenters. The molecule has 2 aromatic rings. The molecule has 27 heavy (non-hydrogen) atoms. The molecule has 0 amide bonds. The molecule has 1 aliphatic rings. The van der Waals surface area contributed by atoms with Gasteiger partial charge in [-0.25, -0.2) is 8.42 Å². The first-order valence-electron chi connectivity index (χ1n) is 7.93. The van der Waals surface area contributed by atoms with Gasteiger partial charge in [-0.3, -0.25) is 0 Å². The minimum Gasteiger partial charge on any atom is -0.399 e. The third-order valence-corrected chi connectivity index (χ3v) is 5.67. The van der Waals surface area contributed by atoms with Gasteiger partial charge in [0.2, 0.25) is 0 Å². The van der Waals surface area contributed by atoms with Crippen molar-refractivity contribution in [2.45, 2.75) is 30.0 Å². The van der Waals surface area contributed by atoms with Crippen LogP contribution in [0.4, 0.5) is 18.9 Å². The van der Waals surface area contributed by atoms with Crippen LogP contribution in [0.15, 0.2) is 52.5 Å². The lowest BCUT2D eigenvalue weighted by Crippen LogP contribution is -2.42. The van der Waals surface area contributed by atoms with Crippen LogP contribution >= 0.6 is 0 Å². The average Bonchev–Trinajstić information content (AvgIpc) is 3.03. The summed E-state index contributed by atoms with van der Waals surface area (Å²) < 4.78 is 64.9. The van der Waals surface area contributed by atoms with Crippen LogP contribution in [0.5, 0.6) is 0 Å². The second-order valence-corrected chi connectivity index (χ2v) is 8.51. The summed E-state index contributed by atoms with van der Waals surface area (Å²) in [6.45, 7) is 1.61. The van der Waals surface area contributed by atoms with Crippen LogP contribution in [0, 0.1) is 6.92 Å². The van der Waals surface area contributed by atoms with Crippen LogP contribution in [-0.4, -0.2) is 26.6 Å². The van der Waals surface area contributed by atoms with Gasteiger partial charge in [0.1, 0.15) is 0 Å². The van der Waals surface area contributed by atoms with E-state index in [0.717, 1.165) is 6.26 Å². The van der Waals surface area contributed by atoms with Gasteiger partial charge in [0, 0.05) is 23.9 Å². The molecule has 1 atom stereocenters. The van der Waals surface area contributed by atoms with Crippen LogP contribution in [0.1, 0.15) is 23.1 Å². The Hall–Kier alpha value is -2.55. The van der Waals surface area contributed by atoms with E-state index >= 15 is 0 Å². The van der Waals surface area contributed by atoms with Crippen molar-refractivity contribution in [3.63, 3.8) is 0 Å². The molecule has 0 spiro atoms. The molecule has 0 fully saturated rings. The summed E-state index contributed by atoms with van der Waals surface area (Å²) in [6, 6.07) is 9.51. The van der Waals surface area contributed by atoms with E-state index in [-0.39, 0.29) is 16.2 Å². The highest BCUT2D eigenvalue weighted by Gasteiger charge is 2.62. The van der Waals surface area contributed by atoms with E-state index in [4.69, 9.17) is 10.6 Å². The third-order valence-electron chi connectivity index (χ3n) is 4.54. The largest absolute Gasteiger partial charge is 0.435 e. The lowest BCUT2D eigenvalue weighted by molar-refractivity contribution is -0.275. The minimum atomic E-state index is -4.71. The zero-order valence-electron chi connectivity index (χ0n) is 14.5. The Kier molecular flexibility index (Phi) is 4.46. The Balaban J connectivity index is 1.98. The van der Waals surface area contributed by atoms with Crippen molar-refractivity contribution in [1.29, 1.82) is 0 Å². The fourth-order valence-electron chi connectivity index (χ4n) is 2.88. The van der Waals surface area contributed by atoms with Gasteiger partial charge in [0.25, 0.3) is 5.60 Å². The van der Waals surface area contributed by atoms with Gasteiger partial charge in [-0.05, 0) is 42.3 Å². The number of nitrogens with zero attached hydrogens (tertiary/aromatic N) is 1. The molecule has 5 nitrogen and oxygen atoms in total. The smallest absolute Gasteiger partial charge is 0.399 e. The van der Waals surface area contributed by atoms with Gasteiger partial charge in [-0.1, -0.05) is 23.4 Å². The molecule has 1 heterocycles. The Bertz CT molecular complexity index is 1020. The number of oxime groups is 1. The summed E-state index contributed by atoms with van der Waals surface area (Å²) in [4.78, 5) is 5.03.